The first-order valence-corrected chi connectivity index (χ1v) is 25.0. The van der Waals surface area contributed by atoms with Gasteiger partial charge in [0, 0.05) is 13.0 Å². The fourth-order valence-corrected chi connectivity index (χ4v) is 18.1. The second-order valence-corrected chi connectivity index (χ2v) is 26.9. The largest absolute Gasteiger partial charge is 0.411 e. The van der Waals surface area contributed by atoms with E-state index in [0.29, 0.717) is 0 Å². The molecule has 3 heterocycles. The standard InChI is InChI=1S/C41H58O7SSi2/c1-7-50(8-2,9-3)48-37-28-27-35-36(26-19-29-44-35)46-38(37)30-41(49(42,43)32-20-13-10-14-21-32)39(47-41)31-45-51(40(4,5)6,33-22-15-11-16-23-33)34-24-17-12-18-25-34/h10-18,20-25,35-39H,7-9,19,26-31H2,1-6H3/t35-,36+,37+,38-,39-,41+/m1/s1. The second-order valence-electron chi connectivity index (χ2n) is 15.7. The minimum Gasteiger partial charge on any atom is -0.411 e. The van der Waals surface area contributed by atoms with Crippen LogP contribution >= 0.6 is 0 Å². The van der Waals surface area contributed by atoms with Crippen LogP contribution in [0.5, 0.6) is 0 Å². The molecule has 6 atom stereocenters. The van der Waals surface area contributed by atoms with Crippen LogP contribution < -0.4 is 10.4 Å². The third kappa shape index (κ3) is 7.49. The van der Waals surface area contributed by atoms with Gasteiger partial charge in [-0.3, -0.25) is 0 Å². The molecule has 0 spiro atoms. The van der Waals surface area contributed by atoms with Crippen molar-refractivity contribution in [2.24, 2.45) is 0 Å². The third-order valence-corrected chi connectivity index (χ3v) is 23.9. The molecule has 0 aromatic heterocycles. The van der Waals surface area contributed by atoms with Crippen molar-refractivity contribution in [2.75, 3.05) is 13.2 Å². The van der Waals surface area contributed by atoms with E-state index in [4.69, 9.17) is 23.1 Å². The van der Waals surface area contributed by atoms with Crippen molar-refractivity contribution in [3.05, 3.63) is 91.0 Å². The molecule has 6 rings (SSSR count). The molecule has 0 amide bonds. The second kappa shape index (κ2) is 15.7. The van der Waals surface area contributed by atoms with Crippen LogP contribution in [0.1, 0.15) is 73.6 Å². The summed E-state index contributed by atoms with van der Waals surface area (Å²) < 4.78 is 64.1. The van der Waals surface area contributed by atoms with E-state index >= 15 is 0 Å². The fourth-order valence-electron chi connectivity index (χ4n) is 8.63. The number of fused-ring (bicyclic) bond motifs is 1. The van der Waals surface area contributed by atoms with Crippen molar-refractivity contribution in [3.63, 3.8) is 0 Å². The molecule has 278 valence electrons. The highest BCUT2D eigenvalue weighted by Gasteiger charge is 2.69. The third-order valence-electron chi connectivity index (χ3n) is 11.9. The van der Waals surface area contributed by atoms with Gasteiger partial charge < -0.3 is 23.1 Å². The highest BCUT2D eigenvalue weighted by Crippen LogP contribution is 2.51. The van der Waals surface area contributed by atoms with E-state index in [1.807, 2.05) is 18.2 Å². The van der Waals surface area contributed by atoms with Crippen molar-refractivity contribution >= 4 is 36.8 Å². The van der Waals surface area contributed by atoms with Crippen LogP contribution in [0.3, 0.4) is 0 Å². The van der Waals surface area contributed by atoms with E-state index in [1.165, 1.54) is 0 Å². The average Bonchev–Trinajstić information content (AvgIpc) is 3.90. The molecule has 0 unspecified atom stereocenters. The van der Waals surface area contributed by atoms with Gasteiger partial charge in [0.15, 0.2) is 8.32 Å². The molecule has 3 fully saturated rings. The quantitative estimate of drug-likeness (QED) is 0.124. The maximum absolute atomic E-state index is 14.9. The fraction of sp³-hybridized carbons (Fsp3) is 0.561. The maximum Gasteiger partial charge on any atom is 0.261 e. The molecule has 10 heteroatoms. The summed E-state index contributed by atoms with van der Waals surface area (Å²) in [6, 6.07) is 32.7. The number of rotatable bonds is 14. The Bertz CT molecular complexity index is 1620. The Labute approximate surface area is 308 Å². The molecule has 51 heavy (non-hydrogen) atoms. The van der Waals surface area contributed by atoms with E-state index in [-0.39, 0.29) is 41.3 Å². The molecule has 0 saturated carbocycles. The Morgan fingerprint density at radius 1 is 0.784 bits per heavy atom. The van der Waals surface area contributed by atoms with Crippen LogP contribution in [-0.2, 0) is 32.9 Å². The number of sulfone groups is 1. The summed E-state index contributed by atoms with van der Waals surface area (Å²) in [4.78, 5) is -1.27. The van der Waals surface area contributed by atoms with Crippen molar-refractivity contribution in [1.29, 1.82) is 0 Å². The molecule has 3 aromatic rings. The predicted octanol–water partition coefficient (Wildman–Crippen LogP) is 7.64. The number of epoxide rings is 1. The normalized spacial score (nSPS) is 27.4. The molecule has 3 aliphatic heterocycles. The topological polar surface area (TPSA) is 83.6 Å². The lowest BCUT2D eigenvalue weighted by Gasteiger charge is -2.43. The molecular formula is C41H58O7SSi2. The summed E-state index contributed by atoms with van der Waals surface area (Å²) in [7, 11) is -9.00. The van der Waals surface area contributed by atoms with Crippen LogP contribution in [0.25, 0.3) is 0 Å². The SMILES string of the molecule is CC[Si](CC)(CC)O[C@H]1CC[C@H]2OCCC[C@@H]2O[C@@H]1C[C@@]1(S(=O)(=O)c2ccccc2)O[C@@H]1CO[Si](c1ccccc1)(c1ccccc1)C(C)(C)C. The molecule has 0 N–H and O–H groups in total. The molecule has 3 saturated heterocycles. The van der Waals surface area contributed by atoms with Gasteiger partial charge in [0.05, 0.1) is 35.9 Å². The Kier molecular flexibility index (Phi) is 11.9. The van der Waals surface area contributed by atoms with Crippen molar-refractivity contribution in [3.8, 4) is 0 Å². The Morgan fingerprint density at radius 3 is 1.90 bits per heavy atom. The maximum atomic E-state index is 14.9. The summed E-state index contributed by atoms with van der Waals surface area (Å²) in [6.45, 7) is 14.3. The summed E-state index contributed by atoms with van der Waals surface area (Å²) in [5, 5.41) is 2.02. The zero-order valence-corrected chi connectivity index (χ0v) is 34.2. The molecular weight excluding hydrogens is 693 g/mol. The van der Waals surface area contributed by atoms with Gasteiger partial charge in [-0.05, 0) is 71.4 Å². The zero-order chi connectivity index (χ0) is 36.3. The first-order chi connectivity index (χ1) is 24.4. The van der Waals surface area contributed by atoms with E-state index in [1.54, 1.807) is 24.3 Å². The van der Waals surface area contributed by atoms with Crippen LogP contribution in [0.15, 0.2) is 95.9 Å². The Morgan fingerprint density at radius 2 is 1.35 bits per heavy atom. The van der Waals surface area contributed by atoms with E-state index in [9.17, 15) is 8.42 Å². The van der Waals surface area contributed by atoms with Crippen molar-refractivity contribution in [2.45, 2.75) is 137 Å². The molecule has 0 radical (unpaired) electrons. The van der Waals surface area contributed by atoms with E-state index < -0.39 is 43.6 Å². The average molecular weight is 751 g/mol. The van der Waals surface area contributed by atoms with Gasteiger partial charge in [-0.2, -0.15) is 0 Å². The van der Waals surface area contributed by atoms with E-state index in [2.05, 4.69) is 90.1 Å². The van der Waals surface area contributed by atoms with Crippen LogP contribution in [0.4, 0.5) is 0 Å². The van der Waals surface area contributed by atoms with E-state index in [0.717, 1.165) is 60.8 Å². The van der Waals surface area contributed by atoms with Gasteiger partial charge in [0.25, 0.3) is 8.32 Å². The number of hydrogen-bond donors (Lipinski definition) is 0. The van der Waals surface area contributed by atoms with Gasteiger partial charge in [-0.1, -0.05) is 120 Å². The minimum atomic E-state index is -3.98. The molecule has 0 bridgehead atoms. The molecule has 7 nitrogen and oxygen atoms in total. The monoisotopic (exact) mass is 750 g/mol. The van der Waals surface area contributed by atoms with Crippen LogP contribution in [0.2, 0.25) is 23.2 Å². The summed E-state index contributed by atoms with van der Waals surface area (Å²) in [6.07, 6.45) is 2.12. The summed E-state index contributed by atoms with van der Waals surface area (Å²) in [5.74, 6) is 0. The van der Waals surface area contributed by atoms with Crippen LogP contribution in [0, 0.1) is 0 Å². The van der Waals surface area contributed by atoms with Gasteiger partial charge in [-0.25, -0.2) is 8.42 Å². The first-order valence-electron chi connectivity index (χ1n) is 19.1. The van der Waals surface area contributed by atoms with Gasteiger partial charge in [0.2, 0.25) is 14.8 Å². The highest BCUT2D eigenvalue weighted by molar-refractivity contribution is 7.93. The van der Waals surface area contributed by atoms with Crippen LogP contribution in [-0.4, -0.2) is 73.7 Å². The lowest BCUT2D eigenvalue weighted by molar-refractivity contribution is -0.135. The van der Waals surface area contributed by atoms with Gasteiger partial charge in [-0.15, -0.1) is 0 Å². The van der Waals surface area contributed by atoms with Gasteiger partial charge in [0.1, 0.15) is 6.10 Å². The lowest BCUT2D eigenvalue weighted by Crippen LogP contribution is -2.67. The molecule has 3 aromatic carbocycles. The van der Waals surface area contributed by atoms with Gasteiger partial charge >= 0.3 is 0 Å². The lowest BCUT2D eigenvalue weighted by atomic mass is 10.00. The zero-order valence-electron chi connectivity index (χ0n) is 31.4. The predicted molar refractivity (Wildman–Crippen MR) is 208 cm³/mol. The molecule has 3 aliphatic rings. The first kappa shape index (κ1) is 38.6. The number of hydrogen-bond acceptors (Lipinski definition) is 7. The number of ether oxygens (including phenoxy) is 3. The Hall–Kier alpha value is -2.16. The summed E-state index contributed by atoms with van der Waals surface area (Å²) in [5.41, 5.74) is 0. The minimum absolute atomic E-state index is 0.00752. The Balaban J connectivity index is 1.39. The molecule has 0 aliphatic carbocycles. The van der Waals surface area contributed by atoms with Crippen molar-refractivity contribution in [1.82, 2.24) is 0 Å². The number of benzene rings is 3. The summed E-state index contributed by atoms with van der Waals surface area (Å²) >= 11 is 0. The highest BCUT2D eigenvalue weighted by atomic mass is 32.2. The van der Waals surface area contributed by atoms with Crippen molar-refractivity contribution < 1.29 is 31.5 Å². The smallest absolute Gasteiger partial charge is 0.261 e.